The normalized spacial score (nSPS) is 15.1. The molecule has 0 aliphatic carbocycles. The van der Waals surface area contributed by atoms with Crippen molar-refractivity contribution < 1.29 is 9.90 Å². The van der Waals surface area contributed by atoms with Gasteiger partial charge in [0.1, 0.15) is 0 Å². The van der Waals surface area contributed by atoms with Crippen LogP contribution in [0.25, 0.3) is 10.9 Å². The summed E-state index contributed by atoms with van der Waals surface area (Å²) in [4.78, 5) is 21.5. The minimum Gasteiger partial charge on any atom is -0.478 e. The number of hydrogen-bond donors (Lipinski definition) is 2. The molecule has 3 aromatic rings. The molecule has 7 nitrogen and oxygen atoms in total. The molecule has 0 spiro atoms. The summed E-state index contributed by atoms with van der Waals surface area (Å²) in [6.07, 6.45) is 7.18. The van der Waals surface area contributed by atoms with Gasteiger partial charge < -0.3 is 19.9 Å². The van der Waals surface area contributed by atoms with E-state index in [4.69, 9.17) is 5.11 Å². The number of nitrogens with one attached hydrogen (secondary N) is 1. The first kappa shape index (κ1) is 19.4. The second kappa shape index (κ2) is 8.61. The predicted molar refractivity (Wildman–Crippen MR) is 113 cm³/mol. The fourth-order valence-electron chi connectivity index (χ4n) is 4.07. The van der Waals surface area contributed by atoms with Crippen molar-refractivity contribution in [2.75, 3.05) is 24.5 Å². The van der Waals surface area contributed by atoms with Crippen LogP contribution < -0.4 is 10.2 Å². The van der Waals surface area contributed by atoms with Gasteiger partial charge in [-0.2, -0.15) is 0 Å². The van der Waals surface area contributed by atoms with Crippen molar-refractivity contribution in [2.45, 2.75) is 32.9 Å². The molecule has 2 aromatic heterocycles. The van der Waals surface area contributed by atoms with Crippen LogP contribution in [0.1, 0.15) is 35.7 Å². The molecule has 1 fully saturated rings. The van der Waals surface area contributed by atoms with E-state index in [0.717, 1.165) is 45.6 Å². The molecule has 4 rings (SSSR count). The summed E-state index contributed by atoms with van der Waals surface area (Å²) in [7, 11) is 0. The summed E-state index contributed by atoms with van der Waals surface area (Å²) in [6, 6.07) is 8.58. The number of para-hydroxylation sites is 1. The third-order valence-electron chi connectivity index (χ3n) is 5.74. The Morgan fingerprint density at radius 3 is 2.62 bits per heavy atom. The molecule has 0 saturated carbocycles. The van der Waals surface area contributed by atoms with E-state index in [-0.39, 0.29) is 5.56 Å². The van der Waals surface area contributed by atoms with Gasteiger partial charge in [0, 0.05) is 55.7 Å². The highest BCUT2D eigenvalue weighted by atomic mass is 16.4. The SMILES string of the molecule is CCn1cc(CNCC2CCN(c3ncc(C(=O)O)cn3)CC2)c2ccccc21. The van der Waals surface area contributed by atoms with Gasteiger partial charge >= 0.3 is 5.97 Å². The number of benzene rings is 1. The maximum absolute atomic E-state index is 10.9. The average Bonchev–Trinajstić information content (AvgIpc) is 3.12. The quantitative estimate of drug-likeness (QED) is 0.642. The van der Waals surface area contributed by atoms with Crippen LogP contribution in [0.15, 0.2) is 42.9 Å². The maximum atomic E-state index is 10.9. The molecule has 0 amide bonds. The first-order valence-corrected chi connectivity index (χ1v) is 10.2. The standard InChI is InChI=1S/C22H27N5O2/c1-2-26-15-18(19-5-3-4-6-20(19)26)12-23-11-16-7-9-27(10-8-16)22-24-13-17(14-25-22)21(28)29/h3-6,13-16,23H,2,7-12H2,1H3,(H,28,29). The second-order valence-electron chi connectivity index (χ2n) is 7.60. The predicted octanol–water partition coefficient (Wildman–Crippen LogP) is 3.16. The van der Waals surface area contributed by atoms with E-state index in [9.17, 15) is 4.79 Å². The minimum atomic E-state index is -0.997. The Balaban J connectivity index is 1.28. The number of hydrogen-bond acceptors (Lipinski definition) is 5. The van der Waals surface area contributed by atoms with E-state index in [2.05, 4.69) is 62.1 Å². The minimum absolute atomic E-state index is 0.122. The number of rotatable bonds is 7. The van der Waals surface area contributed by atoms with Crippen LogP contribution in [0.2, 0.25) is 0 Å². The summed E-state index contributed by atoms with van der Waals surface area (Å²) in [5.74, 6) is 0.251. The summed E-state index contributed by atoms with van der Waals surface area (Å²) in [6.45, 7) is 6.83. The molecule has 7 heteroatoms. The van der Waals surface area contributed by atoms with Crippen molar-refractivity contribution in [1.29, 1.82) is 0 Å². The molecule has 0 bridgehead atoms. The molecule has 29 heavy (non-hydrogen) atoms. The number of anilines is 1. The monoisotopic (exact) mass is 393 g/mol. The smallest absolute Gasteiger partial charge is 0.338 e. The summed E-state index contributed by atoms with van der Waals surface area (Å²) in [5.41, 5.74) is 2.78. The summed E-state index contributed by atoms with van der Waals surface area (Å²) >= 11 is 0. The number of carbonyl (C=O) groups is 1. The number of fused-ring (bicyclic) bond motifs is 1. The third kappa shape index (κ3) is 4.24. The molecule has 0 unspecified atom stereocenters. The van der Waals surface area contributed by atoms with Crippen LogP contribution in [-0.2, 0) is 13.1 Å². The zero-order valence-corrected chi connectivity index (χ0v) is 16.7. The second-order valence-corrected chi connectivity index (χ2v) is 7.60. The largest absolute Gasteiger partial charge is 0.478 e. The van der Waals surface area contributed by atoms with Gasteiger partial charge in [-0.3, -0.25) is 0 Å². The van der Waals surface area contributed by atoms with Crippen LogP contribution in [0, 0.1) is 5.92 Å². The Morgan fingerprint density at radius 2 is 1.93 bits per heavy atom. The van der Waals surface area contributed by atoms with E-state index < -0.39 is 5.97 Å². The number of aromatic nitrogens is 3. The van der Waals surface area contributed by atoms with Gasteiger partial charge in [0.05, 0.1) is 5.56 Å². The third-order valence-corrected chi connectivity index (χ3v) is 5.74. The Kier molecular flexibility index (Phi) is 5.76. The number of aryl methyl sites for hydroxylation is 1. The number of carboxylic acid groups (broad SMARTS) is 1. The van der Waals surface area contributed by atoms with Crippen molar-refractivity contribution in [2.24, 2.45) is 5.92 Å². The lowest BCUT2D eigenvalue weighted by Crippen LogP contribution is -2.38. The van der Waals surface area contributed by atoms with Crippen LogP contribution in [0.3, 0.4) is 0 Å². The van der Waals surface area contributed by atoms with Gasteiger partial charge in [-0.1, -0.05) is 18.2 Å². The lowest BCUT2D eigenvalue weighted by Gasteiger charge is -2.32. The van der Waals surface area contributed by atoms with Gasteiger partial charge in [0.25, 0.3) is 0 Å². The van der Waals surface area contributed by atoms with Gasteiger partial charge in [-0.15, -0.1) is 0 Å². The van der Waals surface area contributed by atoms with Crippen LogP contribution in [-0.4, -0.2) is 45.2 Å². The molecule has 1 aliphatic heterocycles. The highest BCUT2D eigenvalue weighted by molar-refractivity contribution is 5.86. The fourth-order valence-corrected chi connectivity index (χ4v) is 4.07. The van der Waals surface area contributed by atoms with Gasteiger partial charge in [0.15, 0.2) is 0 Å². The molecule has 2 N–H and O–H groups in total. The Hall–Kier alpha value is -2.93. The molecule has 3 heterocycles. The van der Waals surface area contributed by atoms with E-state index in [1.165, 1.54) is 28.9 Å². The molecule has 0 atom stereocenters. The molecule has 0 radical (unpaired) electrons. The molecular weight excluding hydrogens is 366 g/mol. The molecular formula is C22H27N5O2. The number of aromatic carboxylic acids is 1. The maximum Gasteiger partial charge on any atom is 0.338 e. The Morgan fingerprint density at radius 1 is 1.21 bits per heavy atom. The number of carboxylic acids is 1. The topological polar surface area (TPSA) is 83.3 Å². The van der Waals surface area contributed by atoms with Crippen molar-refractivity contribution in [1.82, 2.24) is 19.9 Å². The number of nitrogens with zero attached hydrogens (tertiary/aromatic N) is 4. The van der Waals surface area contributed by atoms with E-state index in [0.29, 0.717) is 11.9 Å². The van der Waals surface area contributed by atoms with E-state index in [1.54, 1.807) is 0 Å². The highest BCUT2D eigenvalue weighted by Gasteiger charge is 2.21. The van der Waals surface area contributed by atoms with Crippen molar-refractivity contribution in [3.8, 4) is 0 Å². The first-order chi connectivity index (χ1) is 14.2. The zero-order valence-electron chi connectivity index (χ0n) is 16.7. The van der Waals surface area contributed by atoms with Crippen LogP contribution >= 0.6 is 0 Å². The number of piperidine rings is 1. The average molecular weight is 393 g/mol. The molecule has 1 aliphatic rings. The van der Waals surface area contributed by atoms with Gasteiger partial charge in [0.2, 0.25) is 5.95 Å². The van der Waals surface area contributed by atoms with E-state index >= 15 is 0 Å². The Bertz CT molecular complexity index is 975. The highest BCUT2D eigenvalue weighted by Crippen LogP contribution is 2.23. The lowest BCUT2D eigenvalue weighted by molar-refractivity contribution is 0.0696. The first-order valence-electron chi connectivity index (χ1n) is 10.2. The Labute approximate surface area is 170 Å². The molecule has 152 valence electrons. The fraction of sp³-hybridized carbons (Fsp3) is 0.409. The lowest BCUT2D eigenvalue weighted by atomic mass is 9.97. The van der Waals surface area contributed by atoms with Gasteiger partial charge in [-0.05, 0) is 43.9 Å². The van der Waals surface area contributed by atoms with Crippen molar-refractivity contribution in [3.05, 3.63) is 54.0 Å². The van der Waals surface area contributed by atoms with Crippen molar-refractivity contribution in [3.63, 3.8) is 0 Å². The van der Waals surface area contributed by atoms with Crippen LogP contribution in [0.5, 0.6) is 0 Å². The van der Waals surface area contributed by atoms with Gasteiger partial charge in [-0.25, -0.2) is 14.8 Å². The van der Waals surface area contributed by atoms with E-state index in [1.807, 2.05) is 0 Å². The van der Waals surface area contributed by atoms with Crippen LogP contribution in [0.4, 0.5) is 5.95 Å². The summed E-state index contributed by atoms with van der Waals surface area (Å²) in [5, 5.41) is 13.9. The molecule has 1 saturated heterocycles. The zero-order chi connectivity index (χ0) is 20.2. The molecule has 1 aromatic carbocycles. The summed E-state index contributed by atoms with van der Waals surface area (Å²) < 4.78 is 2.31. The van der Waals surface area contributed by atoms with Crippen molar-refractivity contribution >= 4 is 22.8 Å².